The predicted molar refractivity (Wildman–Crippen MR) is 80.2 cm³/mol. The fraction of sp³-hybridized carbons (Fsp3) is 0.312. The lowest BCUT2D eigenvalue weighted by atomic mass is 10.1. The van der Waals surface area contributed by atoms with Gasteiger partial charge in [0.25, 0.3) is 0 Å². The molecule has 0 spiro atoms. The minimum absolute atomic E-state index is 0.337. The van der Waals surface area contributed by atoms with E-state index in [1.807, 2.05) is 19.1 Å². The van der Waals surface area contributed by atoms with Gasteiger partial charge in [0.05, 0.1) is 6.61 Å². The van der Waals surface area contributed by atoms with Crippen molar-refractivity contribution in [2.24, 2.45) is 0 Å². The smallest absolute Gasteiger partial charge is 0.424 e. The predicted octanol–water partition coefficient (Wildman–Crippen LogP) is 3.32. The maximum Gasteiger partial charge on any atom is 0.424 e. The Morgan fingerprint density at radius 1 is 1.15 bits per heavy atom. The number of hydrogen-bond acceptors (Lipinski definition) is 3. The van der Waals surface area contributed by atoms with Crippen molar-refractivity contribution in [2.45, 2.75) is 20.4 Å². The van der Waals surface area contributed by atoms with Crippen LogP contribution in [0.1, 0.15) is 19.4 Å². The van der Waals surface area contributed by atoms with Gasteiger partial charge in [-0.05, 0) is 36.2 Å². The number of nitrogens with zero attached hydrogens (tertiary/aromatic N) is 1. The summed E-state index contributed by atoms with van der Waals surface area (Å²) in [5.41, 5.74) is 4.22. The number of ether oxygens (including phenoxy) is 1. The molecule has 2 aromatic rings. The van der Waals surface area contributed by atoms with E-state index >= 15 is 0 Å². The summed E-state index contributed by atoms with van der Waals surface area (Å²) < 4.78 is 4.98. The first-order valence-electron chi connectivity index (χ1n) is 6.90. The van der Waals surface area contributed by atoms with Crippen LogP contribution in [0.2, 0.25) is 0 Å². The molecule has 4 nitrogen and oxygen atoms in total. The van der Waals surface area contributed by atoms with Crippen LogP contribution in [0.25, 0.3) is 10.8 Å². The Morgan fingerprint density at radius 3 is 2.60 bits per heavy atom. The van der Waals surface area contributed by atoms with Gasteiger partial charge in [0.2, 0.25) is 0 Å². The summed E-state index contributed by atoms with van der Waals surface area (Å²) >= 11 is 0. The van der Waals surface area contributed by atoms with Crippen LogP contribution < -0.4 is 5.43 Å². The molecule has 0 aliphatic rings. The van der Waals surface area contributed by atoms with Gasteiger partial charge in [0.1, 0.15) is 0 Å². The summed E-state index contributed by atoms with van der Waals surface area (Å²) in [6.07, 6.45) is -0.337. The number of hydrazine groups is 1. The van der Waals surface area contributed by atoms with Crippen LogP contribution in [0, 0.1) is 0 Å². The number of carbonyl (C=O) groups excluding carboxylic acids is 1. The van der Waals surface area contributed by atoms with Gasteiger partial charge in [-0.3, -0.25) is 0 Å². The zero-order valence-electron chi connectivity index (χ0n) is 11.9. The van der Waals surface area contributed by atoms with E-state index in [9.17, 15) is 4.79 Å². The van der Waals surface area contributed by atoms with Gasteiger partial charge < -0.3 is 4.74 Å². The fourth-order valence-corrected chi connectivity index (χ4v) is 2.04. The van der Waals surface area contributed by atoms with Gasteiger partial charge in [-0.15, -0.1) is 0 Å². The minimum Gasteiger partial charge on any atom is -0.449 e. The first-order chi connectivity index (χ1) is 9.74. The Morgan fingerprint density at radius 2 is 1.90 bits per heavy atom. The third kappa shape index (κ3) is 3.48. The monoisotopic (exact) mass is 272 g/mol. The molecule has 106 valence electrons. The molecule has 0 unspecified atom stereocenters. The Bertz CT molecular complexity index is 583. The van der Waals surface area contributed by atoms with Crippen LogP contribution in [-0.2, 0) is 11.3 Å². The zero-order valence-corrected chi connectivity index (χ0v) is 11.9. The molecule has 0 bridgehead atoms. The van der Waals surface area contributed by atoms with Crippen molar-refractivity contribution in [2.75, 3.05) is 13.2 Å². The van der Waals surface area contributed by atoms with Crippen molar-refractivity contribution in [1.82, 2.24) is 10.4 Å². The maximum absolute atomic E-state index is 11.6. The van der Waals surface area contributed by atoms with Crippen LogP contribution >= 0.6 is 0 Å². The molecular formula is C16H20N2O2. The molecule has 20 heavy (non-hydrogen) atoms. The van der Waals surface area contributed by atoms with Crippen molar-refractivity contribution in [3.63, 3.8) is 0 Å². The lowest BCUT2D eigenvalue weighted by molar-refractivity contribution is 0.0879. The van der Waals surface area contributed by atoms with Gasteiger partial charge in [0.15, 0.2) is 0 Å². The van der Waals surface area contributed by atoms with Crippen LogP contribution in [0.15, 0.2) is 42.5 Å². The molecular weight excluding hydrogens is 252 g/mol. The molecule has 2 rings (SSSR count). The Balaban J connectivity index is 2.02. The van der Waals surface area contributed by atoms with Crippen LogP contribution in [0.4, 0.5) is 4.79 Å². The second-order valence-electron chi connectivity index (χ2n) is 4.46. The molecule has 0 radical (unpaired) electrons. The number of hydrogen-bond donors (Lipinski definition) is 1. The zero-order chi connectivity index (χ0) is 14.4. The number of amides is 1. The highest BCUT2D eigenvalue weighted by molar-refractivity contribution is 5.82. The normalized spacial score (nSPS) is 10.5. The molecule has 1 amide bonds. The molecule has 0 saturated heterocycles. The van der Waals surface area contributed by atoms with E-state index in [-0.39, 0.29) is 6.09 Å². The SMILES string of the molecule is CCOC(=O)N(CC)NCc1ccc2ccccc2c1. The van der Waals surface area contributed by atoms with Gasteiger partial charge in [-0.25, -0.2) is 15.2 Å². The van der Waals surface area contributed by atoms with Gasteiger partial charge >= 0.3 is 6.09 Å². The third-order valence-electron chi connectivity index (χ3n) is 3.09. The average molecular weight is 272 g/mol. The number of benzene rings is 2. The number of carbonyl (C=O) groups is 1. The molecule has 0 atom stereocenters. The summed E-state index contributed by atoms with van der Waals surface area (Å²) in [6, 6.07) is 14.5. The van der Waals surface area contributed by atoms with E-state index in [2.05, 4.69) is 35.8 Å². The van der Waals surface area contributed by atoms with Gasteiger partial charge in [-0.2, -0.15) is 0 Å². The highest BCUT2D eigenvalue weighted by atomic mass is 16.6. The first-order valence-corrected chi connectivity index (χ1v) is 6.90. The largest absolute Gasteiger partial charge is 0.449 e. The van der Waals surface area contributed by atoms with Crippen molar-refractivity contribution >= 4 is 16.9 Å². The van der Waals surface area contributed by atoms with Crippen LogP contribution in [0.3, 0.4) is 0 Å². The molecule has 0 saturated carbocycles. The highest BCUT2D eigenvalue weighted by Gasteiger charge is 2.11. The van der Waals surface area contributed by atoms with Crippen LogP contribution in [0.5, 0.6) is 0 Å². The summed E-state index contributed by atoms with van der Waals surface area (Å²) in [4.78, 5) is 11.6. The number of rotatable bonds is 5. The summed E-state index contributed by atoms with van der Waals surface area (Å²) in [5, 5.41) is 3.90. The van der Waals surface area contributed by atoms with Crippen LogP contribution in [-0.4, -0.2) is 24.3 Å². The molecule has 0 aliphatic heterocycles. The quantitative estimate of drug-likeness (QED) is 0.849. The van der Waals surface area contributed by atoms with Crippen molar-refractivity contribution in [3.8, 4) is 0 Å². The van der Waals surface area contributed by atoms with Crippen molar-refractivity contribution < 1.29 is 9.53 Å². The van der Waals surface area contributed by atoms with Crippen molar-refractivity contribution in [1.29, 1.82) is 0 Å². The molecule has 4 heteroatoms. The van der Waals surface area contributed by atoms with E-state index < -0.39 is 0 Å². The Labute approximate surface area is 119 Å². The van der Waals surface area contributed by atoms with Crippen molar-refractivity contribution in [3.05, 3.63) is 48.0 Å². The second-order valence-corrected chi connectivity index (χ2v) is 4.46. The summed E-state index contributed by atoms with van der Waals surface area (Å²) in [6.45, 7) is 5.25. The summed E-state index contributed by atoms with van der Waals surface area (Å²) in [7, 11) is 0. The van der Waals surface area contributed by atoms with E-state index in [4.69, 9.17) is 4.74 Å². The Hall–Kier alpha value is -2.07. The molecule has 0 aliphatic carbocycles. The topological polar surface area (TPSA) is 41.6 Å². The van der Waals surface area contributed by atoms with E-state index in [0.29, 0.717) is 19.7 Å². The van der Waals surface area contributed by atoms with E-state index in [1.54, 1.807) is 6.92 Å². The summed E-state index contributed by atoms with van der Waals surface area (Å²) in [5.74, 6) is 0. The maximum atomic E-state index is 11.6. The fourth-order valence-electron chi connectivity index (χ4n) is 2.04. The number of fused-ring (bicyclic) bond motifs is 1. The lowest BCUT2D eigenvalue weighted by Crippen LogP contribution is -2.42. The van der Waals surface area contributed by atoms with E-state index in [0.717, 1.165) is 5.56 Å². The standard InChI is InChI=1S/C16H20N2O2/c1-3-18(16(19)20-4-2)17-12-13-9-10-14-7-5-6-8-15(14)11-13/h5-11,17H,3-4,12H2,1-2H3. The Kier molecular flexibility index (Phi) is 4.96. The molecule has 2 aromatic carbocycles. The van der Waals surface area contributed by atoms with Gasteiger partial charge in [-0.1, -0.05) is 36.4 Å². The molecule has 1 N–H and O–H groups in total. The minimum atomic E-state index is -0.337. The van der Waals surface area contributed by atoms with E-state index in [1.165, 1.54) is 15.8 Å². The third-order valence-corrected chi connectivity index (χ3v) is 3.09. The molecule has 0 fully saturated rings. The first kappa shape index (κ1) is 14.3. The lowest BCUT2D eigenvalue weighted by Gasteiger charge is -2.21. The van der Waals surface area contributed by atoms with Gasteiger partial charge in [0, 0.05) is 13.1 Å². The number of nitrogens with one attached hydrogen (secondary N) is 1. The molecule has 0 heterocycles. The highest BCUT2D eigenvalue weighted by Crippen LogP contribution is 2.15. The molecule has 0 aromatic heterocycles. The second kappa shape index (κ2) is 6.91. The average Bonchev–Trinajstić information content (AvgIpc) is 2.48.